The number of ether oxygens (including phenoxy) is 1. The fourth-order valence-electron chi connectivity index (χ4n) is 1.48. The van der Waals surface area contributed by atoms with Gasteiger partial charge in [0.15, 0.2) is 0 Å². The third-order valence-corrected chi connectivity index (χ3v) is 2.25. The number of nitrogens with zero attached hydrogens (tertiary/aromatic N) is 1. The predicted octanol–water partition coefficient (Wildman–Crippen LogP) is 2.52. The van der Waals surface area contributed by atoms with Crippen molar-refractivity contribution in [2.24, 2.45) is 0 Å². The maximum absolute atomic E-state index is 11.8. The zero-order valence-electron chi connectivity index (χ0n) is 9.76. The van der Waals surface area contributed by atoms with Crippen LogP contribution >= 0.6 is 0 Å². The van der Waals surface area contributed by atoms with Crippen LogP contribution in [0, 0.1) is 0 Å². The minimum Gasteiger partial charge on any atom is -0.348 e. The Morgan fingerprint density at radius 2 is 2.18 bits per heavy atom. The molecular formula is C11H17F3N2O. The highest BCUT2D eigenvalue weighted by molar-refractivity contribution is 5.06. The Bertz CT molecular complexity index is 323. The Morgan fingerprint density at radius 3 is 2.82 bits per heavy atom. The molecule has 0 fully saturated rings. The van der Waals surface area contributed by atoms with Crippen molar-refractivity contribution in [2.75, 3.05) is 13.2 Å². The van der Waals surface area contributed by atoms with Crippen molar-refractivity contribution in [3.8, 4) is 0 Å². The smallest absolute Gasteiger partial charge is 0.348 e. The van der Waals surface area contributed by atoms with Crippen LogP contribution in [0.3, 0.4) is 0 Å². The monoisotopic (exact) mass is 250 g/mol. The lowest BCUT2D eigenvalue weighted by atomic mass is 10.4. The van der Waals surface area contributed by atoms with Gasteiger partial charge in [-0.1, -0.05) is 6.92 Å². The van der Waals surface area contributed by atoms with Crippen LogP contribution in [0.15, 0.2) is 18.3 Å². The second-order valence-electron chi connectivity index (χ2n) is 3.66. The highest BCUT2D eigenvalue weighted by atomic mass is 19.4. The van der Waals surface area contributed by atoms with Crippen molar-refractivity contribution in [1.82, 2.24) is 9.88 Å². The molecule has 0 aliphatic carbocycles. The lowest BCUT2D eigenvalue weighted by molar-refractivity contribution is -0.325. The molecule has 0 bridgehead atoms. The number of rotatable bonds is 7. The number of nitrogens with one attached hydrogen (secondary N) is 1. The number of halogens is 3. The second-order valence-corrected chi connectivity index (χ2v) is 3.66. The molecule has 0 atom stereocenters. The van der Waals surface area contributed by atoms with E-state index in [9.17, 15) is 13.2 Å². The zero-order chi connectivity index (χ0) is 12.7. The molecule has 0 saturated carbocycles. The summed E-state index contributed by atoms with van der Waals surface area (Å²) < 4.78 is 40.9. The molecular weight excluding hydrogens is 233 g/mol. The molecule has 0 saturated heterocycles. The van der Waals surface area contributed by atoms with Gasteiger partial charge in [-0.05, 0) is 25.1 Å². The van der Waals surface area contributed by atoms with Gasteiger partial charge in [0.2, 0.25) is 0 Å². The van der Waals surface area contributed by atoms with Gasteiger partial charge >= 0.3 is 6.36 Å². The van der Waals surface area contributed by atoms with Crippen LogP contribution in [0.1, 0.15) is 19.0 Å². The quantitative estimate of drug-likeness (QED) is 0.753. The summed E-state index contributed by atoms with van der Waals surface area (Å²) in [6.07, 6.45) is -1.77. The van der Waals surface area contributed by atoms with Crippen LogP contribution < -0.4 is 5.32 Å². The molecule has 17 heavy (non-hydrogen) atoms. The number of aromatic nitrogens is 1. The van der Waals surface area contributed by atoms with E-state index in [4.69, 9.17) is 0 Å². The molecule has 1 aromatic heterocycles. The summed E-state index contributed by atoms with van der Waals surface area (Å²) in [5.41, 5.74) is 0.962. The average Bonchev–Trinajstić information content (AvgIpc) is 2.64. The first kappa shape index (κ1) is 14.1. The lowest BCUT2D eigenvalue weighted by Gasteiger charge is -2.11. The first-order valence-corrected chi connectivity index (χ1v) is 5.58. The van der Waals surface area contributed by atoms with Crippen molar-refractivity contribution in [2.45, 2.75) is 32.8 Å². The Balaban J connectivity index is 2.35. The van der Waals surface area contributed by atoms with Crippen LogP contribution in [0.5, 0.6) is 0 Å². The average molecular weight is 250 g/mol. The molecule has 1 N–H and O–H groups in total. The van der Waals surface area contributed by atoms with Crippen molar-refractivity contribution < 1.29 is 17.9 Å². The Labute approximate surface area is 98.6 Å². The van der Waals surface area contributed by atoms with Gasteiger partial charge in [0.1, 0.15) is 0 Å². The molecule has 3 nitrogen and oxygen atoms in total. The standard InChI is InChI=1S/C11H17F3N2O/c1-2-5-15-9-10-4-3-6-16(10)7-8-17-11(12,13)14/h3-4,6,15H,2,5,7-9H2,1H3. The van der Waals surface area contributed by atoms with E-state index in [1.54, 1.807) is 10.8 Å². The maximum Gasteiger partial charge on any atom is 0.522 e. The van der Waals surface area contributed by atoms with Crippen LogP contribution in [-0.4, -0.2) is 24.1 Å². The highest BCUT2D eigenvalue weighted by Crippen LogP contribution is 2.16. The lowest BCUT2D eigenvalue weighted by Crippen LogP contribution is -2.20. The molecule has 1 heterocycles. The molecule has 1 aromatic rings. The van der Waals surface area contributed by atoms with Gasteiger partial charge in [-0.3, -0.25) is 4.74 Å². The van der Waals surface area contributed by atoms with Crippen molar-refractivity contribution >= 4 is 0 Å². The predicted molar refractivity (Wildman–Crippen MR) is 58.4 cm³/mol. The molecule has 0 aromatic carbocycles. The summed E-state index contributed by atoms with van der Waals surface area (Å²) in [5, 5.41) is 3.20. The minimum absolute atomic E-state index is 0.204. The molecule has 0 amide bonds. The third-order valence-electron chi connectivity index (χ3n) is 2.25. The fraction of sp³-hybridized carbons (Fsp3) is 0.636. The first-order chi connectivity index (χ1) is 8.03. The summed E-state index contributed by atoms with van der Waals surface area (Å²) in [5.74, 6) is 0. The van der Waals surface area contributed by atoms with Crippen LogP contribution in [0.2, 0.25) is 0 Å². The third kappa shape index (κ3) is 5.74. The van der Waals surface area contributed by atoms with Gasteiger partial charge < -0.3 is 9.88 Å². The van der Waals surface area contributed by atoms with Gasteiger partial charge in [-0.15, -0.1) is 13.2 Å². The van der Waals surface area contributed by atoms with E-state index >= 15 is 0 Å². The van der Waals surface area contributed by atoms with Crippen LogP contribution in [0.25, 0.3) is 0 Å². The molecule has 0 aliphatic rings. The van der Waals surface area contributed by atoms with Gasteiger partial charge in [-0.2, -0.15) is 0 Å². The van der Waals surface area contributed by atoms with Gasteiger partial charge in [0.25, 0.3) is 0 Å². The van der Waals surface area contributed by atoms with Crippen molar-refractivity contribution in [3.05, 3.63) is 24.0 Å². The van der Waals surface area contributed by atoms with Crippen molar-refractivity contribution in [3.63, 3.8) is 0 Å². The van der Waals surface area contributed by atoms with Crippen molar-refractivity contribution in [1.29, 1.82) is 0 Å². The van der Waals surface area contributed by atoms with E-state index in [1.807, 2.05) is 12.1 Å². The van der Waals surface area contributed by atoms with E-state index < -0.39 is 6.36 Å². The van der Waals surface area contributed by atoms with E-state index in [2.05, 4.69) is 17.0 Å². The van der Waals surface area contributed by atoms with Crippen LogP contribution in [-0.2, 0) is 17.8 Å². The molecule has 6 heteroatoms. The minimum atomic E-state index is -4.55. The Hall–Kier alpha value is -1.01. The van der Waals surface area contributed by atoms with E-state index in [1.165, 1.54) is 0 Å². The summed E-state index contributed by atoms with van der Waals surface area (Å²) >= 11 is 0. The second kappa shape index (κ2) is 6.66. The topological polar surface area (TPSA) is 26.2 Å². The number of alkyl halides is 3. The van der Waals surface area contributed by atoms with E-state index in [0.717, 1.165) is 18.7 Å². The van der Waals surface area contributed by atoms with Crippen LogP contribution in [0.4, 0.5) is 13.2 Å². The SMILES string of the molecule is CCCNCc1cccn1CCOC(F)(F)F. The summed E-state index contributed by atoms with van der Waals surface area (Å²) in [6.45, 7) is 3.45. The largest absolute Gasteiger partial charge is 0.522 e. The Kier molecular flexibility index (Phi) is 5.50. The van der Waals surface area contributed by atoms with Gasteiger partial charge in [0, 0.05) is 25.0 Å². The number of hydrogen-bond acceptors (Lipinski definition) is 2. The zero-order valence-corrected chi connectivity index (χ0v) is 9.76. The molecule has 98 valence electrons. The highest BCUT2D eigenvalue weighted by Gasteiger charge is 2.28. The maximum atomic E-state index is 11.8. The molecule has 0 aliphatic heterocycles. The fourth-order valence-corrected chi connectivity index (χ4v) is 1.48. The first-order valence-electron chi connectivity index (χ1n) is 5.58. The number of hydrogen-bond donors (Lipinski definition) is 1. The Morgan fingerprint density at radius 1 is 1.41 bits per heavy atom. The molecule has 1 rings (SSSR count). The summed E-state index contributed by atoms with van der Waals surface area (Å²) in [7, 11) is 0. The van der Waals surface area contributed by atoms with Gasteiger partial charge in [-0.25, -0.2) is 0 Å². The molecule has 0 spiro atoms. The van der Waals surface area contributed by atoms with E-state index in [-0.39, 0.29) is 13.2 Å². The summed E-state index contributed by atoms with van der Waals surface area (Å²) in [6, 6.07) is 3.70. The molecule has 0 unspecified atom stereocenters. The van der Waals surface area contributed by atoms with E-state index in [0.29, 0.717) is 6.54 Å². The summed E-state index contributed by atoms with van der Waals surface area (Å²) in [4.78, 5) is 0. The normalized spacial score (nSPS) is 12.0. The molecule has 0 radical (unpaired) electrons. The van der Waals surface area contributed by atoms with Gasteiger partial charge in [0.05, 0.1) is 6.61 Å².